The fourth-order valence-electron chi connectivity index (χ4n) is 1.46. The van der Waals surface area contributed by atoms with Crippen LogP contribution in [0, 0.1) is 0 Å². The Morgan fingerprint density at radius 1 is 1.33 bits per heavy atom. The molecule has 1 aromatic rings. The van der Waals surface area contributed by atoms with Crippen molar-refractivity contribution in [2.75, 3.05) is 13.2 Å². The molecule has 0 aromatic heterocycles. The molecular weight excluding hydrogens is 194 g/mol. The number of benzene rings is 1. The van der Waals surface area contributed by atoms with Gasteiger partial charge in [-0.25, -0.2) is 0 Å². The van der Waals surface area contributed by atoms with Gasteiger partial charge in [0.15, 0.2) is 11.5 Å². The molecule has 0 saturated heterocycles. The molecule has 2 rings (SSSR count). The summed E-state index contributed by atoms with van der Waals surface area (Å²) >= 11 is 0. The van der Waals surface area contributed by atoms with E-state index >= 15 is 0 Å². The Kier molecular flexibility index (Phi) is 2.65. The minimum Gasteiger partial charge on any atom is -0.486 e. The summed E-state index contributed by atoms with van der Waals surface area (Å²) in [5, 5.41) is 3.63. The predicted molar refractivity (Wildman–Crippen MR) is 55.0 cm³/mol. The van der Waals surface area contributed by atoms with Crippen LogP contribution in [-0.4, -0.2) is 13.2 Å². The summed E-state index contributed by atoms with van der Waals surface area (Å²) in [6.45, 7) is 2.98. The monoisotopic (exact) mass is 205 g/mol. The molecule has 0 aliphatic carbocycles. The zero-order valence-electron chi connectivity index (χ0n) is 8.38. The molecule has 0 N–H and O–H groups in total. The molecule has 5 heteroatoms. The standard InChI is InChI=1S/C10H11N3O2/c1-7(12-13-11)8-2-3-9-10(6-8)15-5-4-14-9/h2-3,6-7H,4-5H2,1H3. The van der Waals surface area contributed by atoms with Crippen molar-refractivity contribution in [3.05, 3.63) is 34.2 Å². The lowest BCUT2D eigenvalue weighted by atomic mass is 10.1. The second kappa shape index (κ2) is 4.11. The molecule has 1 atom stereocenters. The number of fused-ring (bicyclic) bond motifs is 1. The Bertz CT molecular complexity index is 413. The van der Waals surface area contributed by atoms with Gasteiger partial charge in [-0.3, -0.25) is 0 Å². The van der Waals surface area contributed by atoms with Gasteiger partial charge in [0.2, 0.25) is 0 Å². The molecule has 0 saturated carbocycles. The summed E-state index contributed by atoms with van der Waals surface area (Å²) < 4.78 is 10.8. The van der Waals surface area contributed by atoms with E-state index in [4.69, 9.17) is 15.0 Å². The fourth-order valence-corrected chi connectivity index (χ4v) is 1.46. The molecule has 0 radical (unpaired) electrons. The van der Waals surface area contributed by atoms with E-state index in [1.165, 1.54) is 0 Å². The van der Waals surface area contributed by atoms with Gasteiger partial charge in [-0.1, -0.05) is 18.1 Å². The van der Waals surface area contributed by atoms with Gasteiger partial charge in [-0.2, -0.15) is 0 Å². The van der Waals surface area contributed by atoms with Crippen molar-refractivity contribution in [1.82, 2.24) is 0 Å². The Morgan fingerprint density at radius 3 is 2.80 bits per heavy atom. The zero-order chi connectivity index (χ0) is 10.7. The lowest BCUT2D eigenvalue weighted by molar-refractivity contribution is 0.171. The highest BCUT2D eigenvalue weighted by molar-refractivity contribution is 5.44. The smallest absolute Gasteiger partial charge is 0.161 e. The van der Waals surface area contributed by atoms with Crippen LogP contribution in [0.15, 0.2) is 23.3 Å². The van der Waals surface area contributed by atoms with Gasteiger partial charge in [0.1, 0.15) is 13.2 Å². The van der Waals surface area contributed by atoms with Crippen molar-refractivity contribution >= 4 is 0 Å². The molecule has 1 unspecified atom stereocenters. The van der Waals surface area contributed by atoms with E-state index in [0.717, 1.165) is 17.1 Å². The maximum absolute atomic E-state index is 8.34. The van der Waals surface area contributed by atoms with E-state index in [9.17, 15) is 0 Å². The molecule has 0 amide bonds. The molecule has 1 aromatic carbocycles. The predicted octanol–water partition coefficient (Wildman–Crippen LogP) is 2.83. The Balaban J connectivity index is 2.31. The van der Waals surface area contributed by atoms with Gasteiger partial charge in [0.25, 0.3) is 0 Å². The largest absolute Gasteiger partial charge is 0.486 e. The van der Waals surface area contributed by atoms with Crippen molar-refractivity contribution in [2.24, 2.45) is 5.11 Å². The average Bonchev–Trinajstić information content (AvgIpc) is 2.29. The summed E-state index contributed by atoms with van der Waals surface area (Å²) in [5.74, 6) is 1.47. The van der Waals surface area contributed by atoms with Crippen molar-refractivity contribution in [2.45, 2.75) is 13.0 Å². The summed E-state index contributed by atoms with van der Waals surface area (Å²) in [7, 11) is 0. The van der Waals surface area contributed by atoms with Gasteiger partial charge >= 0.3 is 0 Å². The molecule has 5 nitrogen and oxygen atoms in total. The molecule has 78 valence electrons. The summed E-state index contributed by atoms with van der Waals surface area (Å²) in [6.07, 6.45) is 0. The molecule has 0 spiro atoms. The Labute approximate surface area is 87.2 Å². The minimum absolute atomic E-state index is 0.189. The van der Waals surface area contributed by atoms with Gasteiger partial charge in [-0.05, 0) is 23.2 Å². The lowest BCUT2D eigenvalue weighted by Crippen LogP contribution is -2.15. The summed E-state index contributed by atoms with van der Waals surface area (Å²) in [6, 6.07) is 5.39. The van der Waals surface area contributed by atoms with Crippen LogP contribution in [0.25, 0.3) is 10.4 Å². The average molecular weight is 205 g/mol. The van der Waals surface area contributed by atoms with Crippen LogP contribution in [0.3, 0.4) is 0 Å². The first kappa shape index (κ1) is 9.68. The van der Waals surface area contributed by atoms with Crippen LogP contribution in [0.4, 0.5) is 0 Å². The topological polar surface area (TPSA) is 67.2 Å². The second-order valence-corrected chi connectivity index (χ2v) is 3.28. The highest BCUT2D eigenvalue weighted by Gasteiger charge is 2.13. The molecule has 1 aliphatic rings. The summed E-state index contributed by atoms with van der Waals surface area (Å²) in [4.78, 5) is 2.78. The van der Waals surface area contributed by atoms with Crippen molar-refractivity contribution < 1.29 is 9.47 Å². The maximum Gasteiger partial charge on any atom is 0.161 e. The first-order valence-corrected chi connectivity index (χ1v) is 4.75. The number of hydrogen-bond acceptors (Lipinski definition) is 3. The van der Waals surface area contributed by atoms with Crippen molar-refractivity contribution in [3.63, 3.8) is 0 Å². The van der Waals surface area contributed by atoms with E-state index < -0.39 is 0 Å². The maximum atomic E-state index is 8.34. The third-order valence-electron chi connectivity index (χ3n) is 2.27. The highest BCUT2D eigenvalue weighted by Crippen LogP contribution is 2.33. The fraction of sp³-hybridized carbons (Fsp3) is 0.400. The quantitative estimate of drug-likeness (QED) is 0.423. The first-order chi connectivity index (χ1) is 7.31. The number of hydrogen-bond donors (Lipinski definition) is 0. The number of nitrogens with zero attached hydrogens (tertiary/aromatic N) is 3. The third kappa shape index (κ3) is 1.97. The van der Waals surface area contributed by atoms with Crippen LogP contribution in [0.2, 0.25) is 0 Å². The van der Waals surface area contributed by atoms with Crippen LogP contribution in [0.5, 0.6) is 11.5 Å². The van der Waals surface area contributed by atoms with E-state index in [1.54, 1.807) is 0 Å². The minimum atomic E-state index is -0.189. The normalized spacial score (nSPS) is 15.3. The molecule has 1 aliphatic heterocycles. The van der Waals surface area contributed by atoms with Crippen molar-refractivity contribution in [1.29, 1.82) is 0 Å². The Morgan fingerprint density at radius 2 is 2.07 bits per heavy atom. The second-order valence-electron chi connectivity index (χ2n) is 3.28. The first-order valence-electron chi connectivity index (χ1n) is 4.75. The van der Waals surface area contributed by atoms with Gasteiger partial charge in [-0.15, -0.1) is 0 Å². The lowest BCUT2D eigenvalue weighted by Gasteiger charge is -2.19. The molecule has 15 heavy (non-hydrogen) atoms. The SMILES string of the molecule is CC(N=[N+]=[N-])c1ccc2c(c1)OCCO2. The summed E-state index contributed by atoms with van der Waals surface area (Å²) in [5.41, 5.74) is 9.27. The van der Waals surface area contributed by atoms with Gasteiger partial charge < -0.3 is 9.47 Å². The number of rotatable bonds is 2. The molecule has 0 bridgehead atoms. The highest BCUT2D eigenvalue weighted by atomic mass is 16.6. The molecule has 1 heterocycles. The van der Waals surface area contributed by atoms with Crippen LogP contribution >= 0.6 is 0 Å². The van der Waals surface area contributed by atoms with E-state index in [2.05, 4.69) is 10.0 Å². The van der Waals surface area contributed by atoms with Crippen LogP contribution in [-0.2, 0) is 0 Å². The van der Waals surface area contributed by atoms with Crippen molar-refractivity contribution in [3.8, 4) is 11.5 Å². The number of azide groups is 1. The van der Waals surface area contributed by atoms with E-state index in [1.807, 2.05) is 25.1 Å². The van der Waals surface area contributed by atoms with E-state index in [-0.39, 0.29) is 6.04 Å². The number of ether oxygens (including phenoxy) is 2. The van der Waals surface area contributed by atoms with Crippen LogP contribution < -0.4 is 9.47 Å². The molecule has 0 fully saturated rings. The van der Waals surface area contributed by atoms with Gasteiger partial charge in [0, 0.05) is 4.91 Å². The third-order valence-corrected chi connectivity index (χ3v) is 2.27. The van der Waals surface area contributed by atoms with Crippen LogP contribution in [0.1, 0.15) is 18.5 Å². The Hall–Kier alpha value is -1.87. The molecular formula is C10H11N3O2. The zero-order valence-corrected chi connectivity index (χ0v) is 8.38. The van der Waals surface area contributed by atoms with Gasteiger partial charge in [0.05, 0.1) is 6.04 Å². The van der Waals surface area contributed by atoms with E-state index in [0.29, 0.717) is 13.2 Å².